The van der Waals surface area contributed by atoms with Crippen molar-refractivity contribution in [2.45, 2.75) is 12.8 Å². The van der Waals surface area contributed by atoms with Crippen molar-refractivity contribution < 1.29 is 14.1 Å². The van der Waals surface area contributed by atoms with Crippen LogP contribution in [-0.4, -0.2) is 56.3 Å². The Hall–Kier alpha value is -3.46. The van der Waals surface area contributed by atoms with Gasteiger partial charge in [-0.05, 0) is 37.3 Å². The van der Waals surface area contributed by atoms with Gasteiger partial charge in [0.25, 0.3) is 0 Å². The van der Waals surface area contributed by atoms with Crippen molar-refractivity contribution in [3.63, 3.8) is 0 Å². The lowest BCUT2D eigenvalue weighted by Crippen LogP contribution is -2.48. The SMILES string of the molecule is CC(=O)c1ccc(NC(=O)CN2CC(c3nc(-c4ncccn4)no3)C2)cc1. The number of anilines is 1. The van der Waals surface area contributed by atoms with E-state index in [1.165, 1.54) is 6.92 Å². The van der Waals surface area contributed by atoms with Crippen LogP contribution in [0.1, 0.15) is 29.1 Å². The predicted molar refractivity (Wildman–Crippen MR) is 99.6 cm³/mol. The van der Waals surface area contributed by atoms with Crippen molar-refractivity contribution in [3.05, 3.63) is 54.2 Å². The lowest BCUT2D eigenvalue weighted by Gasteiger charge is -2.36. The zero-order valence-corrected chi connectivity index (χ0v) is 15.2. The smallest absolute Gasteiger partial charge is 0.240 e. The Morgan fingerprint density at radius 2 is 1.86 bits per heavy atom. The first kappa shape index (κ1) is 17.9. The number of Topliss-reactive ketones (excluding diaryl/α,β-unsaturated/α-hetero) is 1. The average Bonchev–Trinajstić information content (AvgIpc) is 3.15. The summed E-state index contributed by atoms with van der Waals surface area (Å²) >= 11 is 0. The Morgan fingerprint density at radius 1 is 1.14 bits per heavy atom. The van der Waals surface area contributed by atoms with E-state index in [9.17, 15) is 9.59 Å². The largest absolute Gasteiger partial charge is 0.338 e. The van der Waals surface area contributed by atoms with E-state index in [2.05, 4.69) is 25.4 Å². The van der Waals surface area contributed by atoms with Crippen LogP contribution in [-0.2, 0) is 4.79 Å². The number of hydrogen-bond acceptors (Lipinski definition) is 8. The summed E-state index contributed by atoms with van der Waals surface area (Å²) in [6.07, 6.45) is 3.24. The summed E-state index contributed by atoms with van der Waals surface area (Å²) in [5.74, 6) is 1.28. The number of benzene rings is 1. The van der Waals surface area contributed by atoms with Crippen molar-refractivity contribution >= 4 is 17.4 Å². The fraction of sp³-hybridized carbons (Fsp3) is 0.263. The normalized spacial score (nSPS) is 14.5. The fourth-order valence-corrected chi connectivity index (χ4v) is 2.95. The molecule has 9 nitrogen and oxygen atoms in total. The Morgan fingerprint density at radius 3 is 2.54 bits per heavy atom. The van der Waals surface area contributed by atoms with Crippen LogP contribution in [0.3, 0.4) is 0 Å². The number of hydrogen-bond donors (Lipinski definition) is 1. The monoisotopic (exact) mass is 378 g/mol. The number of aromatic nitrogens is 4. The maximum atomic E-state index is 12.2. The number of nitrogens with one attached hydrogen (secondary N) is 1. The molecule has 3 heterocycles. The number of carbonyl (C=O) groups excluding carboxylic acids is 2. The zero-order valence-electron chi connectivity index (χ0n) is 15.2. The molecule has 9 heteroatoms. The topological polar surface area (TPSA) is 114 Å². The van der Waals surface area contributed by atoms with Gasteiger partial charge < -0.3 is 9.84 Å². The van der Waals surface area contributed by atoms with Gasteiger partial charge in [-0.2, -0.15) is 4.98 Å². The highest BCUT2D eigenvalue weighted by Crippen LogP contribution is 2.26. The molecule has 0 saturated carbocycles. The maximum absolute atomic E-state index is 12.2. The van der Waals surface area contributed by atoms with Crippen LogP contribution in [0.15, 0.2) is 47.2 Å². The van der Waals surface area contributed by atoms with Crippen molar-refractivity contribution in [2.75, 3.05) is 25.0 Å². The van der Waals surface area contributed by atoms with Crippen molar-refractivity contribution in [1.29, 1.82) is 0 Å². The Balaban J connectivity index is 1.27. The molecule has 1 aliphatic rings. The van der Waals surface area contributed by atoms with E-state index in [4.69, 9.17) is 4.52 Å². The van der Waals surface area contributed by atoms with E-state index in [1.807, 2.05) is 4.90 Å². The molecular formula is C19H18N6O3. The van der Waals surface area contributed by atoms with Crippen molar-refractivity contribution in [3.8, 4) is 11.6 Å². The Bertz CT molecular complexity index is 980. The highest BCUT2D eigenvalue weighted by atomic mass is 16.5. The van der Waals surface area contributed by atoms with E-state index in [0.717, 1.165) is 0 Å². The van der Waals surface area contributed by atoms with Crippen LogP contribution in [0.5, 0.6) is 0 Å². The molecule has 1 N–H and O–H groups in total. The molecule has 3 aromatic rings. The van der Waals surface area contributed by atoms with Gasteiger partial charge in [0.2, 0.25) is 23.4 Å². The molecule has 1 saturated heterocycles. The van der Waals surface area contributed by atoms with Crippen LogP contribution in [0.4, 0.5) is 5.69 Å². The van der Waals surface area contributed by atoms with Crippen LogP contribution in [0, 0.1) is 0 Å². The summed E-state index contributed by atoms with van der Waals surface area (Å²) in [5.41, 5.74) is 1.28. The molecule has 1 aromatic carbocycles. The second kappa shape index (κ2) is 7.65. The number of carbonyl (C=O) groups is 2. The fourth-order valence-electron chi connectivity index (χ4n) is 2.95. The molecule has 1 aliphatic heterocycles. The van der Waals surface area contributed by atoms with Gasteiger partial charge in [0.1, 0.15) is 0 Å². The Labute approximate surface area is 160 Å². The molecule has 4 rings (SSSR count). The second-order valence-electron chi connectivity index (χ2n) is 6.60. The van der Waals surface area contributed by atoms with Gasteiger partial charge in [-0.1, -0.05) is 5.16 Å². The van der Waals surface area contributed by atoms with Gasteiger partial charge >= 0.3 is 0 Å². The third-order valence-electron chi connectivity index (χ3n) is 4.46. The van der Waals surface area contributed by atoms with Crippen LogP contribution >= 0.6 is 0 Å². The summed E-state index contributed by atoms with van der Waals surface area (Å²) in [5, 5.41) is 6.75. The van der Waals surface area contributed by atoms with E-state index < -0.39 is 0 Å². The highest BCUT2D eigenvalue weighted by Gasteiger charge is 2.33. The third-order valence-corrected chi connectivity index (χ3v) is 4.46. The molecule has 0 bridgehead atoms. The highest BCUT2D eigenvalue weighted by molar-refractivity contribution is 5.96. The number of rotatable bonds is 6. The van der Waals surface area contributed by atoms with Crippen molar-refractivity contribution in [2.24, 2.45) is 0 Å². The summed E-state index contributed by atoms with van der Waals surface area (Å²) in [7, 11) is 0. The summed E-state index contributed by atoms with van der Waals surface area (Å²) in [6.45, 7) is 3.10. The minimum atomic E-state index is -0.113. The van der Waals surface area contributed by atoms with Gasteiger partial charge in [0.05, 0.1) is 12.5 Å². The Kier molecular flexibility index (Phi) is 4.90. The second-order valence-corrected chi connectivity index (χ2v) is 6.60. The molecule has 0 spiro atoms. The van der Waals surface area contributed by atoms with Crippen LogP contribution < -0.4 is 5.32 Å². The first-order chi connectivity index (χ1) is 13.6. The first-order valence-electron chi connectivity index (χ1n) is 8.82. The number of nitrogens with zero attached hydrogens (tertiary/aromatic N) is 5. The molecule has 0 aliphatic carbocycles. The van der Waals surface area contributed by atoms with Gasteiger partial charge in [-0.15, -0.1) is 0 Å². The minimum Gasteiger partial charge on any atom is -0.338 e. The van der Waals surface area contributed by atoms with Crippen LogP contribution in [0.25, 0.3) is 11.6 Å². The number of likely N-dealkylation sites (tertiary alicyclic amines) is 1. The third kappa shape index (κ3) is 3.94. The molecule has 2 aromatic heterocycles. The number of amides is 1. The first-order valence-corrected chi connectivity index (χ1v) is 8.82. The van der Waals surface area contributed by atoms with Crippen molar-refractivity contribution in [1.82, 2.24) is 25.0 Å². The molecule has 1 fully saturated rings. The number of ketones is 1. The molecule has 0 unspecified atom stereocenters. The van der Waals surface area contributed by atoms with Crippen LogP contribution in [0.2, 0.25) is 0 Å². The quantitative estimate of drug-likeness (QED) is 0.646. The molecule has 28 heavy (non-hydrogen) atoms. The van der Waals surface area contributed by atoms with E-state index in [1.54, 1.807) is 42.7 Å². The van der Waals surface area contributed by atoms with E-state index in [0.29, 0.717) is 41.9 Å². The van der Waals surface area contributed by atoms with E-state index in [-0.39, 0.29) is 24.2 Å². The average molecular weight is 378 g/mol. The molecular weight excluding hydrogens is 360 g/mol. The maximum Gasteiger partial charge on any atom is 0.240 e. The molecule has 142 valence electrons. The van der Waals surface area contributed by atoms with Gasteiger partial charge in [-0.25, -0.2) is 9.97 Å². The summed E-state index contributed by atoms with van der Waals surface area (Å²) in [4.78, 5) is 38.0. The lowest BCUT2D eigenvalue weighted by molar-refractivity contribution is -0.118. The molecule has 0 atom stereocenters. The van der Waals surface area contributed by atoms with Gasteiger partial charge in [-0.3, -0.25) is 14.5 Å². The zero-order chi connectivity index (χ0) is 19.5. The van der Waals surface area contributed by atoms with Gasteiger partial charge in [0, 0.05) is 36.7 Å². The molecule has 1 amide bonds. The molecule has 0 radical (unpaired) electrons. The van der Waals surface area contributed by atoms with E-state index >= 15 is 0 Å². The summed E-state index contributed by atoms with van der Waals surface area (Å²) in [6, 6.07) is 8.55. The minimum absolute atomic E-state index is 0.00694. The predicted octanol–water partition coefficient (Wildman–Crippen LogP) is 1.77. The summed E-state index contributed by atoms with van der Waals surface area (Å²) < 4.78 is 5.31. The van der Waals surface area contributed by atoms with Gasteiger partial charge in [0.15, 0.2) is 5.78 Å². The lowest BCUT2D eigenvalue weighted by atomic mass is 10.0. The standard InChI is InChI=1S/C19H18N6O3/c1-12(26)13-3-5-15(6-4-13)22-16(27)11-25-9-14(10-25)19-23-18(24-28-19)17-20-7-2-8-21-17/h2-8,14H,9-11H2,1H3,(H,22,27).